The number of amides is 1. The second-order valence-electron chi connectivity index (χ2n) is 7.29. The molecule has 0 bridgehead atoms. The van der Waals surface area contributed by atoms with Crippen molar-refractivity contribution in [3.05, 3.63) is 83.9 Å². The molecule has 0 saturated carbocycles. The van der Waals surface area contributed by atoms with E-state index in [-0.39, 0.29) is 11.7 Å². The van der Waals surface area contributed by atoms with E-state index in [0.717, 1.165) is 18.4 Å². The molecule has 3 aromatic rings. The van der Waals surface area contributed by atoms with Crippen molar-refractivity contribution in [2.75, 3.05) is 21.9 Å². The van der Waals surface area contributed by atoms with Crippen LogP contribution in [0.25, 0.3) is 0 Å². The Labute approximate surface area is 182 Å². The molecule has 1 heterocycles. The fourth-order valence-corrected chi connectivity index (χ4v) is 4.81. The minimum Gasteiger partial charge on any atom is -0.455 e. The lowest BCUT2D eigenvalue weighted by molar-refractivity contribution is 0.102. The van der Waals surface area contributed by atoms with Gasteiger partial charge in [0.1, 0.15) is 5.75 Å². The highest BCUT2D eigenvalue weighted by Crippen LogP contribution is 2.32. The molecule has 4 rings (SSSR count). The first kappa shape index (κ1) is 20.9. The summed E-state index contributed by atoms with van der Waals surface area (Å²) in [5, 5.41) is 2.91. The second-order valence-corrected chi connectivity index (χ2v) is 9.47. The number of fused-ring (bicyclic) bond motifs is 1. The number of benzene rings is 3. The van der Waals surface area contributed by atoms with Crippen LogP contribution in [0, 0.1) is 0 Å². The van der Waals surface area contributed by atoms with Crippen LogP contribution in [0.1, 0.15) is 29.3 Å². The van der Waals surface area contributed by atoms with Crippen molar-refractivity contribution in [3.63, 3.8) is 0 Å². The summed E-state index contributed by atoms with van der Waals surface area (Å²) in [6.07, 6.45) is 1.46. The van der Waals surface area contributed by atoms with Crippen molar-refractivity contribution in [3.8, 4) is 11.5 Å². The van der Waals surface area contributed by atoms with E-state index in [4.69, 9.17) is 4.74 Å². The summed E-state index contributed by atoms with van der Waals surface area (Å²) in [7, 11) is -3.34. The standard InChI is InChI=1S/C24H24N2O4S/c1-2-31(28,29)26-16-8-9-18-17-19(14-15-22(18)26)24(27)25-21-12-6-7-13-23(21)30-20-10-4-3-5-11-20/h3-7,10-15,17H,2,8-9,16H2,1H3,(H,25,27). The Bertz CT molecular complexity index is 1190. The smallest absolute Gasteiger partial charge is 0.255 e. The predicted molar refractivity (Wildman–Crippen MR) is 122 cm³/mol. The van der Waals surface area contributed by atoms with E-state index < -0.39 is 10.0 Å². The first-order valence-electron chi connectivity index (χ1n) is 10.2. The number of hydrogen-bond acceptors (Lipinski definition) is 4. The van der Waals surface area contributed by atoms with E-state index in [1.807, 2.05) is 42.5 Å². The second kappa shape index (κ2) is 8.81. The fraction of sp³-hybridized carbons (Fsp3) is 0.208. The van der Waals surface area contributed by atoms with Gasteiger partial charge in [0, 0.05) is 12.1 Å². The number of carbonyl (C=O) groups excluding carboxylic acids is 1. The Morgan fingerprint density at radius 2 is 1.77 bits per heavy atom. The minimum absolute atomic E-state index is 0.0485. The molecule has 3 aromatic carbocycles. The molecule has 1 aliphatic rings. The summed E-state index contributed by atoms with van der Waals surface area (Å²) in [6.45, 7) is 2.11. The zero-order valence-electron chi connectivity index (χ0n) is 17.2. The monoisotopic (exact) mass is 436 g/mol. The molecule has 31 heavy (non-hydrogen) atoms. The fourth-order valence-electron chi connectivity index (χ4n) is 3.62. The van der Waals surface area contributed by atoms with Crippen molar-refractivity contribution in [2.24, 2.45) is 0 Å². The highest BCUT2D eigenvalue weighted by atomic mass is 32.2. The number of para-hydroxylation sites is 3. The van der Waals surface area contributed by atoms with Gasteiger partial charge in [-0.3, -0.25) is 9.10 Å². The molecule has 0 fully saturated rings. The maximum Gasteiger partial charge on any atom is 0.255 e. The van der Waals surface area contributed by atoms with Crippen LogP contribution in [0.15, 0.2) is 72.8 Å². The van der Waals surface area contributed by atoms with Gasteiger partial charge in [0.05, 0.1) is 17.1 Å². The van der Waals surface area contributed by atoms with Crippen LogP contribution in [0.2, 0.25) is 0 Å². The van der Waals surface area contributed by atoms with Crippen LogP contribution in [0.4, 0.5) is 11.4 Å². The average Bonchev–Trinajstić information content (AvgIpc) is 2.80. The van der Waals surface area contributed by atoms with Crippen LogP contribution in [0.3, 0.4) is 0 Å². The Balaban J connectivity index is 1.57. The third kappa shape index (κ3) is 4.56. The molecule has 0 unspecified atom stereocenters. The Morgan fingerprint density at radius 3 is 2.55 bits per heavy atom. The first-order chi connectivity index (χ1) is 15.0. The van der Waals surface area contributed by atoms with Crippen LogP contribution in [-0.2, 0) is 16.4 Å². The van der Waals surface area contributed by atoms with Crippen molar-refractivity contribution in [1.29, 1.82) is 0 Å². The predicted octanol–water partition coefficient (Wildman–Crippen LogP) is 4.83. The quantitative estimate of drug-likeness (QED) is 0.600. The van der Waals surface area contributed by atoms with Gasteiger partial charge >= 0.3 is 0 Å². The van der Waals surface area contributed by atoms with Gasteiger partial charge in [-0.2, -0.15) is 0 Å². The number of rotatable bonds is 6. The summed E-state index contributed by atoms with van der Waals surface area (Å²) in [5.41, 5.74) is 2.57. The number of carbonyl (C=O) groups is 1. The molecule has 0 radical (unpaired) electrons. The van der Waals surface area contributed by atoms with Gasteiger partial charge in [0.2, 0.25) is 10.0 Å². The van der Waals surface area contributed by atoms with E-state index >= 15 is 0 Å². The van der Waals surface area contributed by atoms with Gasteiger partial charge in [-0.1, -0.05) is 30.3 Å². The van der Waals surface area contributed by atoms with Gasteiger partial charge in [0.15, 0.2) is 5.75 Å². The number of hydrogen-bond donors (Lipinski definition) is 1. The largest absolute Gasteiger partial charge is 0.455 e. The molecule has 0 saturated heterocycles. The molecule has 1 N–H and O–H groups in total. The normalized spacial score (nSPS) is 13.4. The maximum atomic E-state index is 12.9. The highest BCUT2D eigenvalue weighted by Gasteiger charge is 2.26. The minimum atomic E-state index is -3.34. The van der Waals surface area contributed by atoms with Gasteiger partial charge in [-0.15, -0.1) is 0 Å². The highest BCUT2D eigenvalue weighted by molar-refractivity contribution is 7.92. The van der Waals surface area contributed by atoms with Gasteiger partial charge in [-0.25, -0.2) is 8.42 Å². The van der Waals surface area contributed by atoms with Crippen molar-refractivity contribution in [2.45, 2.75) is 19.8 Å². The third-order valence-electron chi connectivity index (χ3n) is 5.22. The van der Waals surface area contributed by atoms with Gasteiger partial charge in [0.25, 0.3) is 5.91 Å². The van der Waals surface area contributed by atoms with E-state index in [9.17, 15) is 13.2 Å². The van der Waals surface area contributed by atoms with Crippen molar-refractivity contribution in [1.82, 2.24) is 0 Å². The Kier molecular flexibility index (Phi) is 5.95. The number of nitrogens with one attached hydrogen (secondary N) is 1. The molecule has 1 amide bonds. The lowest BCUT2D eigenvalue weighted by Gasteiger charge is -2.30. The summed E-state index contributed by atoms with van der Waals surface area (Å²) < 4.78 is 32.2. The first-order valence-corrected chi connectivity index (χ1v) is 11.9. The molecular weight excluding hydrogens is 412 g/mol. The average molecular weight is 437 g/mol. The van der Waals surface area contributed by atoms with Gasteiger partial charge in [-0.05, 0) is 67.8 Å². The van der Waals surface area contributed by atoms with E-state index in [1.165, 1.54) is 4.31 Å². The van der Waals surface area contributed by atoms with Crippen LogP contribution in [-0.4, -0.2) is 26.6 Å². The number of sulfonamides is 1. The number of ether oxygens (including phenoxy) is 1. The number of nitrogens with zero attached hydrogens (tertiary/aromatic N) is 1. The Morgan fingerprint density at radius 1 is 1.03 bits per heavy atom. The topological polar surface area (TPSA) is 75.7 Å². The molecule has 7 heteroatoms. The van der Waals surface area contributed by atoms with Crippen LogP contribution < -0.4 is 14.4 Å². The summed E-state index contributed by atoms with van der Waals surface area (Å²) >= 11 is 0. The lowest BCUT2D eigenvalue weighted by Crippen LogP contribution is -2.36. The van der Waals surface area contributed by atoms with Crippen LogP contribution in [0.5, 0.6) is 11.5 Å². The van der Waals surface area contributed by atoms with E-state index in [2.05, 4.69) is 5.32 Å². The number of anilines is 2. The maximum absolute atomic E-state index is 12.9. The van der Waals surface area contributed by atoms with Gasteiger partial charge < -0.3 is 10.1 Å². The van der Waals surface area contributed by atoms with Crippen molar-refractivity contribution < 1.29 is 17.9 Å². The van der Waals surface area contributed by atoms with Crippen molar-refractivity contribution >= 4 is 27.3 Å². The molecule has 0 atom stereocenters. The van der Waals surface area contributed by atoms with Crippen LogP contribution >= 0.6 is 0 Å². The summed E-state index contributed by atoms with van der Waals surface area (Å²) in [5.74, 6) is 0.991. The molecule has 6 nitrogen and oxygen atoms in total. The third-order valence-corrected chi connectivity index (χ3v) is 7.00. The molecule has 0 aromatic heterocycles. The molecule has 0 aliphatic carbocycles. The molecule has 0 spiro atoms. The van der Waals surface area contributed by atoms with E-state index in [1.54, 1.807) is 37.3 Å². The zero-order chi connectivity index (χ0) is 21.8. The molecule has 160 valence electrons. The lowest BCUT2D eigenvalue weighted by atomic mass is 10.0. The summed E-state index contributed by atoms with van der Waals surface area (Å²) in [4.78, 5) is 12.9. The molecule has 1 aliphatic heterocycles. The zero-order valence-corrected chi connectivity index (χ0v) is 18.1. The summed E-state index contributed by atoms with van der Waals surface area (Å²) in [6, 6.07) is 21.8. The SMILES string of the molecule is CCS(=O)(=O)N1CCCc2cc(C(=O)Nc3ccccc3Oc3ccccc3)ccc21. The van der Waals surface area contributed by atoms with E-state index in [0.29, 0.717) is 35.0 Å². The molecular formula is C24H24N2O4S. The number of aryl methyl sites for hydroxylation is 1. The Hall–Kier alpha value is -3.32.